The number of likely N-dealkylation sites (tertiary alicyclic amines) is 2. The summed E-state index contributed by atoms with van der Waals surface area (Å²) in [6.07, 6.45) is 1.70. The van der Waals surface area contributed by atoms with Crippen LogP contribution in [0.1, 0.15) is 54.4 Å². The van der Waals surface area contributed by atoms with Crippen LogP contribution in [0.15, 0.2) is 0 Å². The molecule has 0 bridgehead atoms. The third kappa shape index (κ3) is 8.31. The molecule has 2 unspecified atom stereocenters. The van der Waals surface area contributed by atoms with Gasteiger partial charge in [0.2, 0.25) is 0 Å². The quantitative estimate of drug-likeness (QED) is 0.456. The van der Waals surface area contributed by atoms with Crippen molar-refractivity contribution < 1.29 is 19.1 Å². The lowest BCUT2D eigenvalue weighted by molar-refractivity contribution is 0.0279. The lowest BCUT2D eigenvalue weighted by Gasteiger charge is -2.24. The maximum atomic E-state index is 12.1. The van der Waals surface area contributed by atoms with Crippen LogP contribution >= 0.6 is 21.6 Å². The molecule has 6 nitrogen and oxygen atoms in total. The van der Waals surface area contributed by atoms with E-state index in [0.717, 1.165) is 50.5 Å². The molecule has 0 radical (unpaired) electrons. The Morgan fingerprint density at radius 1 is 0.786 bits per heavy atom. The molecule has 2 aliphatic heterocycles. The summed E-state index contributed by atoms with van der Waals surface area (Å²) < 4.78 is 10.9. The van der Waals surface area contributed by atoms with Crippen LogP contribution in [0.5, 0.6) is 0 Å². The third-order valence-corrected chi connectivity index (χ3v) is 7.26. The molecule has 8 heteroatoms. The monoisotopic (exact) mass is 432 g/mol. The molecule has 0 aromatic carbocycles. The van der Waals surface area contributed by atoms with E-state index in [9.17, 15) is 9.59 Å². The molecule has 2 amide bonds. The first-order valence-electron chi connectivity index (χ1n) is 10.1. The number of rotatable bonds is 5. The summed E-state index contributed by atoms with van der Waals surface area (Å²) in [6.45, 7) is 14.6. The highest BCUT2D eigenvalue weighted by Gasteiger charge is 2.31. The fourth-order valence-electron chi connectivity index (χ4n) is 3.21. The second kappa shape index (κ2) is 9.83. The largest absolute Gasteiger partial charge is 0.444 e. The first-order chi connectivity index (χ1) is 12.9. The highest BCUT2D eigenvalue weighted by molar-refractivity contribution is 8.76. The number of hydrogen-bond donors (Lipinski definition) is 0. The number of carbonyl (C=O) groups is 2. The maximum absolute atomic E-state index is 12.1. The molecule has 2 fully saturated rings. The van der Waals surface area contributed by atoms with E-state index in [4.69, 9.17) is 9.47 Å². The summed E-state index contributed by atoms with van der Waals surface area (Å²) in [5, 5.41) is 0. The second-order valence-corrected chi connectivity index (χ2v) is 12.3. The van der Waals surface area contributed by atoms with E-state index in [0.29, 0.717) is 11.8 Å². The summed E-state index contributed by atoms with van der Waals surface area (Å²) in [5.41, 5.74) is -0.873. The number of ether oxygens (including phenoxy) is 2. The molecule has 162 valence electrons. The predicted molar refractivity (Wildman–Crippen MR) is 117 cm³/mol. The normalized spacial score (nSPS) is 23.2. The molecule has 0 aromatic rings. The molecule has 0 aliphatic carbocycles. The smallest absolute Gasteiger partial charge is 0.410 e. The second-order valence-electron chi connectivity index (χ2n) is 9.73. The summed E-state index contributed by atoms with van der Waals surface area (Å²) in [5.74, 6) is 3.16. The van der Waals surface area contributed by atoms with Gasteiger partial charge in [0.15, 0.2) is 0 Å². The standard InChI is InChI=1S/C20H36N2O4S2/c1-19(2,3)25-17(23)21-9-7-15(11-21)13-27-28-14-16-8-10-22(12-16)18(24)26-20(4,5)6/h15-16H,7-14H2,1-6H3. The van der Waals surface area contributed by atoms with Crippen molar-refractivity contribution in [2.45, 2.75) is 65.6 Å². The van der Waals surface area contributed by atoms with Gasteiger partial charge in [-0.3, -0.25) is 0 Å². The lowest BCUT2D eigenvalue weighted by Crippen LogP contribution is -2.35. The summed E-state index contributed by atoms with van der Waals surface area (Å²) in [4.78, 5) is 27.9. The van der Waals surface area contributed by atoms with Crippen LogP contribution in [-0.2, 0) is 9.47 Å². The molecule has 0 saturated carbocycles. The fraction of sp³-hybridized carbons (Fsp3) is 0.900. The molecule has 2 atom stereocenters. The van der Waals surface area contributed by atoms with Crippen molar-refractivity contribution in [3.8, 4) is 0 Å². The number of amides is 2. The van der Waals surface area contributed by atoms with Crippen LogP contribution in [0, 0.1) is 11.8 Å². The summed E-state index contributed by atoms with van der Waals surface area (Å²) in [7, 11) is 3.77. The summed E-state index contributed by atoms with van der Waals surface area (Å²) in [6, 6.07) is 0. The van der Waals surface area contributed by atoms with E-state index < -0.39 is 11.2 Å². The molecule has 28 heavy (non-hydrogen) atoms. The Morgan fingerprint density at radius 2 is 1.14 bits per heavy atom. The van der Waals surface area contributed by atoms with Gasteiger partial charge in [0.05, 0.1) is 0 Å². The Balaban J connectivity index is 1.59. The molecular formula is C20H36N2O4S2. The number of hydrogen-bond acceptors (Lipinski definition) is 6. The van der Waals surface area contributed by atoms with Crippen molar-refractivity contribution in [2.24, 2.45) is 11.8 Å². The molecule has 0 aromatic heterocycles. The van der Waals surface area contributed by atoms with Crippen molar-refractivity contribution in [1.29, 1.82) is 0 Å². The van der Waals surface area contributed by atoms with Crippen molar-refractivity contribution in [1.82, 2.24) is 9.80 Å². The Labute approximate surface area is 177 Å². The minimum absolute atomic E-state index is 0.194. The van der Waals surface area contributed by atoms with Crippen LogP contribution in [0.2, 0.25) is 0 Å². The first kappa shape index (κ1) is 23.5. The zero-order valence-corrected chi connectivity index (χ0v) is 19.8. The SMILES string of the molecule is CC(C)(C)OC(=O)N1CCC(CSSCC2CCN(C(=O)OC(C)(C)C)C2)C1. The van der Waals surface area contributed by atoms with Crippen LogP contribution in [0.3, 0.4) is 0 Å². The molecular weight excluding hydrogens is 396 g/mol. The fourth-order valence-corrected chi connectivity index (χ4v) is 6.06. The van der Waals surface area contributed by atoms with Gasteiger partial charge in [0.25, 0.3) is 0 Å². The van der Waals surface area contributed by atoms with Gasteiger partial charge < -0.3 is 19.3 Å². The zero-order valence-electron chi connectivity index (χ0n) is 18.2. The van der Waals surface area contributed by atoms with Gasteiger partial charge in [-0.15, -0.1) is 0 Å². The van der Waals surface area contributed by atoms with Gasteiger partial charge >= 0.3 is 12.2 Å². The Morgan fingerprint density at radius 3 is 1.46 bits per heavy atom. The molecule has 2 aliphatic rings. The van der Waals surface area contributed by atoms with E-state index >= 15 is 0 Å². The molecule has 0 N–H and O–H groups in total. The van der Waals surface area contributed by atoms with Crippen molar-refractivity contribution >= 4 is 33.8 Å². The maximum Gasteiger partial charge on any atom is 0.410 e. The van der Waals surface area contributed by atoms with E-state index in [2.05, 4.69) is 0 Å². The third-order valence-electron chi connectivity index (χ3n) is 4.57. The Bertz CT molecular complexity index is 497. The molecule has 2 rings (SSSR count). The minimum atomic E-state index is -0.436. The topological polar surface area (TPSA) is 59.1 Å². The van der Waals surface area contributed by atoms with Gasteiger partial charge in [-0.25, -0.2) is 9.59 Å². The van der Waals surface area contributed by atoms with Crippen LogP contribution in [0.25, 0.3) is 0 Å². The van der Waals surface area contributed by atoms with Gasteiger partial charge in [-0.2, -0.15) is 0 Å². The molecule has 0 spiro atoms. The number of carbonyl (C=O) groups excluding carboxylic acids is 2. The minimum Gasteiger partial charge on any atom is -0.444 e. The van der Waals surface area contributed by atoms with Crippen molar-refractivity contribution in [2.75, 3.05) is 37.7 Å². The predicted octanol–water partition coefficient (Wildman–Crippen LogP) is 4.88. The van der Waals surface area contributed by atoms with E-state index in [-0.39, 0.29) is 12.2 Å². The molecule has 2 heterocycles. The van der Waals surface area contributed by atoms with Gasteiger partial charge in [-0.1, -0.05) is 21.6 Å². The average Bonchev–Trinajstić information content (AvgIpc) is 3.18. The van der Waals surface area contributed by atoms with Gasteiger partial charge in [0, 0.05) is 37.7 Å². The average molecular weight is 433 g/mol. The van der Waals surface area contributed by atoms with E-state index in [1.165, 1.54) is 0 Å². The zero-order chi connectivity index (χ0) is 20.9. The van der Waals surface area contributed by atoms with Crippen LogP contribution in [-0.4, -0.2) is 70.9 Å². The van der Waals surface area contributed by atoms with E-state index in [1.54, 1.807) is 0 Å². The molecule has 2 saturated heterocycles. The lowest BCUT2D eigenvalue weighted by atomic mass is 10.2. The first-order valence-corrected chi connectivity index (χ1v) is 12.6. The highest BCUT2D eigenvalue weighted by atomic mass is 33.1. The number of nitrogens with zero attached hydrogens (tertiary/aromatic N) is 2. The highest BCUT2D eigenvalue weighted by Crippen LogP contribution is 2.32. The van der Waals surface area contributed by atoms with Gasteiger partial charge in [-0.05, 0) is 66.2 Å². The Kier molecular flexibility index (Phi) is 8.26. The Hall–Kier alpha value is -0.760. The van der Waals surface area contributed by atoms with E-state index in [1.807, 2.05) is 72.9 Å². The van der Waals surface area contributed by atoms with Crippen LogP contribution < -0.4 is 0 Å². The van der Waals surface area contributed by atoms with Crippen LogP contribution in [0.4, 0.5) is 9.59 Å². The van der Waals surface area contributed by atoms with Crippen molar-refractivity contribution in [3.05, 3.63) is 0 Å². The summed E-state index contributed by atoms with van der Waals surface area (Å²) >= 11 is 0. The van der Waals surface area contributed by atoms with Crippen molar-refractivity contribution in [3.63, 3.8) is 0 Å². The van der Waals surface area contributed by atoms with Gasteiger partial charge in [0.1, 0.15) is 11.2 Å².